The maximum absolute atomic E-state index is 12.3. The van der Waals surface area contributed by atoms with E-state index in [0.29, 0.717) is 6.54 Å². The predicted octanol–water partition coefficient (Wildman–Crippen LogP) is 3.27. The first kappa shape index (κ1) is 18.2. The minimum absolute atomic E-state index is 0.0888. The van der Waals surface area contributed by atoms with Crippen molar-refractivity contribution in [3.63, 3.8) is 0 Å². The Kier molecular flexibility index (Phi) is 7.34. The van der Waals surface area contributed by atoms with Crippen molar-refractivity contribution in [3.8, 4) is 0 Å². The van der Waals surface area contributed by atoms with Gasteiger partial charge in [-0.3, -0.25) is 9.69 Å². The molecule has 0 aromatic heterocycles. The Morgan fingerprint density at radius 1 is 1.26 bits per heavy atom. The van der Waals surface area contributed by atoms with E-state index >= 15 is 0 Å². The highest BCUT2D eigenvalue weighted by atomic mass is 35.5. The van der Waals surface area contributed by atoms with Crippen LogP contribution >= 0.6 is 11.6 Å². The topological polar surface area (TPSA) is 41.6 Å². The smallest absolute Gasteiger partial charge is 0.223 e. The van der Waals surface area contributed by atoms with Gasteiger partial charge < -0.3 is 10.1 Å². The zero-order valence-electron chi connectivity index (χ0n) is 14.1. The van der Waals surface area contributed by atoms with Gasteiger partial charge in [-0.15, -0.1) is 0 Å². The number of amides is 1. The highest BCUT2D eigenvalue weighted by Gasteiger charge is 2.25. The van der Waals surface area contributed by atoms with Crippen molar-refractivity contribution in [2.45, 2.75) is 32.7 Å². The van der Waals surface area contributed by atoms with Gasteiger partial charge in [-0.25, -0.2) is 0 Å². The molecule has 1 fully saturated rings. The number of rotatable bonds is 7. The number of morpholine rings is 1. The molecule has 0 spiro atoms. The summed E-state index contributed by atoms with van der Waals surface area (Å²) in [5.74, 6) is 0.229. The molecule has 1 N–H and O–H groups in total. The van der Waals surface area contributed by atoms with Gasteiger partial charge in [0.05, 0.1) is 19.3 Å². The lowest BCUT2D eigenvalue weighted by Gasteiger charge is -2.35. The van der Waals surface area contributed by atoms with Crippen molar-refractivity contribution < 1.29 is 9.53 Å². The van der Waals surface area contributed by atoms with E-state index in [9.17, 15) is 4.79 Å². The number of ether oxygens (including phenoxy) is 1. The number of nitrogens with zero attached hydrogens (tertiary/aromatic N) is 1. The number of carbonyl (C=O) groups is 1. The Morgan fingerprint density at radius 3 is 2.52 bits per heavy atom. The number of benzene rings is 1. The number of carbonyl (C=O) groups excluding carboxylic acids is 1. The molecule has 1 aromatic rings. The first-order chi connectivity index (χ1) is 11.2. The maximum atomic E-state index is 12.3. The van der Waals surface area contributed by atoms with Crippen molar-refractivity contribution in [2.75, 3.05) is 32.8 Å². The van der Waals surface area contributed by atoms with Gasteiger partial charge in [0.15, 0.2) is 0 Å². The molecule has 0 aliphatic carbocycles. The molecule has 1 aromatic carbocycles. The molecule has 0 unspecified atom stereocenters. The Labute approximate surface area is 144 Å². The minimum Gasteiger partial charge on any atom is -0.379 e. The lowest BCUT2D eigenvalue weighted by Crippen LogP contribution is -2.44. The fourth-order valence-corrected chi connectivity index (χ4v) is 3.33. The van der Waals surface area contributed by atoms with Crippen molar-refractivity contribution in [1.82, 2.24) is 10.2 Å². The van der Waals surface area contributed by atoms with Gasteiger partial charge in [-0.2, -0.15) is 0 Å². The van der Waals surface area contributed by atoms with Gasteiger partial charge >= 0.3 is 0 Å². The third-order valence-corrected chi connectivity index (χ3v) is 4.92. The largest absolute Gasteiger partial charge is 0.379 e. The van der Waals surface area contributed by atoms with Crippen LogP contribution in [0.5, 0.6) is 0 Å². The van der Waals surface area contributed by atoms with Crippen LogP contribution in [0, 0.1) is 5.92 Å². The highest BCUT2D eigenvalue weighted by Crippen LogP contribution is 2.28. The van der Waals surface area contributed by atoms with Crippen molar-refractivity contribution in [3.05, 3.63) is 34.9 Å². The molecular weight excluding hydrogens is 312 g/mol. The Bertz CT molecular complexity index is 500. The number of hydrogen-bond acceptors (Lipinski definition) is 3. The summed E-state index contributed by atoms with van der Waals surface area (Å²) in [6.07, 6.45) is 1.74. The quantitative estimate of drug-likeness (QED) is 0.829. The van der Waals surface area contributed by atoms with E-state index in [1.165, 1.54) is 0 Å². The van der Waals surface area contributed by atoms with Gasteiger partial charge in [0, 0.05) is 30.6 Å². The van der Waals surface area contributed by atoms with Gasteiger partial charge in [0.1, 0.15) is 0 Å². The molecular formula is C18H27ClN2O2. The predicted molar refractivity (Wildman–Crippen MR) is 93.7 cm³/mol. The zero-order valence-corrected chi connectivity index (χ0v) is 14.8. The summed E-state index contributed by atoms with van der Waals surface area (Å²) in [5.41, 5.74) is 1.07. The van der Waals surface area contributed by atoms with Crippen LogP contribution < -0.4 is 5.32 Å². The lowest BCUT2D eigenvalue weighted by molar-refractivity contribution is -0.125. The fourth-order valence-electron chi connectivity index (χ4n) is 3.07. The van der Waals surface area contributed by atoms with Gasteiger partial charge in [0.25, 0.3) is 0 Å². The second-order valence-electron chi connectivity index (χ2n) is 5.94. The Balaban J connectivity index is 2.11. The number of hydrogen-bond donors (Lipinski definition) is 1. The van der Waals surface area contributed by atoms with Crippen LogP contribution in [-0.4, -0.2) is 43.7 Å². The summed E-state index contributed by atoms with van der Waals surface area (Å²) in [5, 5.41) is 3.88. The summed E-state index contributed by atoms with van der Waals surface area (Å²) < 4.78 is 5.45. The summed E-state index contributed by atoms with van der Waals surface area (Å²) in [7, 11) is 0. The summed E-state index contributed by atoms with van der Waals surface area (Å²) in [6.45, 7) is 7.86. The molecule has 128 valence electrons. The van der Waals surface area contributed by atoms with Crippen molar-refractivity contribution in [2.24, 2.45) is 5.92 Å². The maximum Gasteiger partial charge on any atom is 0.223 e. The molecule has 1 saturated heterocycles. The molecule has 5 heteroatoms. The van der Waals surface area contributed by atoms with Crippen LogP contribution in [0.2, 0.25) is 5.02 Å². The molecule has 4 nitrogen and oxygen atoms in total. The van der Waals surface area contributed by atoms with Crippen LogP contribution in [0.1, 0.15) is 38.3 Å². The van der Waals surface area contributed by atoms with E-state index in [2.05, 4.69) is 24.1 Å². The zero-order chi connectivity index (χ0) is 16.7. The van der Waals surface area contributed by atoms with E-state index in [-0.39, 0.29) is 17.9 Å². The second-order valence-corrected chi connectivity index (χ2v) is 6.35. The molecule has 1 heterocycles. The van der Waals surface area contributed by atoms with Crippen molar-refractivity contribution in [1.29, 1.82) is 0 Å². The molecule has 1 aliphatic rings. The standard InChI is InChI=1S/C18H27ClN2O2/c1-3-14(4-2)18(22)20-13-17(21-9-11-23-12-10-21)15-7-5-6-8-16(15)19/h5-8,14,17H,3-4,9-13H2,1-2H3,(H,20,22)/t17-/m1/s1. The molecule has 2 rings (SSSR count). The Hall–Kier alpha value is -1.10. The fraction of sp³-hybridized carbons (Fsp3) is 0.611. The summed E-state index contributed by atoms with van der Waals surface area (Å²) >= 11 is 6.40. The minimum atomic E-state index is 0.0888. The molecule has 1 atom stereocenters. The Morgan fingerprint density at radius 2 is 1.91 bits per heavy atom. The van der Waals surface area contributed by atoms with Gasteiger partial charge in [0.2, 0.25) is 5.91 Å². The molecule has 1 aliphatic heterocycles. The van der Waals surface area contributed by atoms with Crippen molar-refractivity contribution >= 4 is 17.5 Å². The number of halogens is 1. The summed E-state index contributed by atoms with van der Waals surface area (Å²) in [6, 6.07) is 7.98. The average molecular weight is 339 g/mol. The van der Waals surface area contributed by atoms with Gasteiger partial charge in [-0.05, 0) is 24.5 Å². The van der Waals surface area contributed by atoms with Crippen LogP contribution in [-0.2, 0) is 9.53 Å². The molecule has 0 saturated carbocycles. The monoisotopic (exact) mass is 338 g/mol. The lowest BCUT2D eigenvalue weighted by atomic mass is 10.0. The van der Waals surface area contributed by atoms with Crippen LogP contribution in [0.4, 0.5) is 0 Å². The van der Waals surface area contributed by atoms with E-state index in [4.69, 9.17) is 16.3 Å². The van der Waals surface area contributed by atoms with E-state index in [1.54, 1.807) is 0 Å². The van der Waals surface area contributed by atoms with Crippen LogP contribution in [0.3, 0.4) is 0 Å². The number of nitrogens with one attached hydrogen (secondary N) is 1. The van der Waals surface area contributed by atoms with Gasteiger partial charge in [-0.1, -0.05) is 43.6 Å². The SMILES string of the molecule is CCC(CC)C(=O)NC[C@H](c1ccccc1Cl)N1CCOCC1. The normalized spacial score (nSPS) is 17.2. The van der Waals surface area contributed by atoms with E-state index in [0.717, 1.165) is 49.7 Å². The highest BCUT2D eigenvalue weighted by molar-refractivity contribution is 6.31. The first-order valence-electron chi connectivity index (χ1n) is 8.51. The third-order valence-electron chi connectivity index (χ3n) is 4.58. The molecule has 1 amide bonds. The third kappa shape index (κ3) is 4.93. The summed E-state index contributed by atoms with van der Waals surface area (Å²) in [4.78, 5) is 14.7. The molecule has 0 radical (unpaired) electrons. The first-order valence-corrected chi connectivity index (χ1v) is 8.89. The van der Waals surface area contributed by atoms with E-state index in [1.807, 2.05) is 24.3 Å². The van der Waals surface area contributed by atoms with E-state index < -0.39 is 0 Å². The molecule has 0 bridgehead atoms. The second kappa shape index (κ2) is 9.26. The molecule has 23 heavy (non-hydrogen) atoms. The van der Waals surface area contributed by atoms with Crippen LogP contribution in [0.25, 0.3) is 0 Å². The average Bonchev–Trinajstić information content (AvgIpc) is 2.58. The van der Waals surface area contributed by atoms with Crippen LogP contribution in [0.15, 0.2) is 24.3 Å².